The normalized spacial score (nSPS) is 16.3. The largest absolute Gasteiger partial charge is 0.336 e. The van der Waals surface area contributed by atoms with Crippen molar-refractivity contribution in [2.45, 2.75) is 19.3 Å². The van der Waals surface area contributed by atoms with Gasteiger partial charge in [-0.25, -0.2) is 0 Å². The van der Waals surface area contributed by atoms with Gasteiger partial charge in [0, 0.05) is 62.4 Å². The van der Waals surface area contributed by atoms with Crippen molar-refractivity contribution in [3.8, 4) is 0 Å². The number of amides is 2. The number of piperazine rings is 1. The topological polar surface area (TPSA) is 69.7 Å². The lowest BCUT2D eigenvalue weighted by atomic mass is 10.00. The van der Waals surface area contributed by atoms with Crippen molar-refractivity contribution in [3.05, 3.63) is 65.2 Å². The summed E-state index contributed by atoms with van der Waals surface area (Å²) in [4.78, 5) is 40.7. The molecule has 2 aliphatic heterocycles. The number of nitrogens with zero attached hydrogens (tertiary/aromatic N) is 2. The van der Waals surface area contributed by atoms with Crippen LogP contribution in [-0.2, 0) is 11.2 Å². The summed E-state index contributed by atoms with van der Waals surface area (Å²) >= 11 is 0. The lowest BCUT2D eigenvalue weighted by Crippen LogP contribution is -2.49. The predicted octanol–water partition coefficient (Wildman–Crippen LogP) is 3.02. The van der Waals surface area contributed by atoms with Gasteiger partial charge in [-0.3, -0.25) is 19.3 Å². The van der Waals surface area contributed by atoms with Crippen molar-refractivity contribution >= 4 is 35.7 Å². The Balaban J connectivity index is 0.00000256. The molecule has 1 fully saturated rings. The molecule has 0 unspecified atom stereocenters. The second kappa shape index (κ2) is 9.87. The minimum absolute atomic E-state index is 0. The molecule has 2 aromatic rings. The third kappa shape index (κ3) is 5.07. The Bertz CT molecular complexity index is 925. The van der Waals surface area contributed by atoms with E-state index in [4.69, 9.17) is 0 Å². The van der Waals surface area contributed by atoms with E-state index in [2.05, 4.69) is 10.2 Å². The Kier molecular flexibility index (Phi) is 7.24. The van der Waals surface area contributed by atoms with Gasteiger partial charge >= 0.3 is 0 Å². The van der Waals surface area contributed by atoms with E-state index in [0.29, 0.717) is 44.5 Å². The van der Waals surface area contributed by atoms with Crippen LogP contribution in [0.5, 0.6) is 0 Å². The van der Waals surface area contributed by atoms with E-state index in [9.17, 15) is 14.4 Å². The van der Waals surface area contributed by atoms with Gasteiger partial charge in [-0.05, 0) is 30.2 Å². The molecule has 0 aliphatic carbocycles. The first-order valence-corrected chi connectivity index (χ1v) is 10.1. The zero-order valence-electron chi connectivity index (χ0n) is 16.8. The van der Waals surface area contributed by atoms with Crippen LogP contribution in [0.25, 0.3) is 0 Å². The molecule has 0 atom stereocenters. The van der Waals surface area contributed by atoms with E-state index in [0.717, 1.165) is 29.9 Å². The van der Waals surface area contributed by atoms with E-state index in [1.165, 1.54) is 0 Å². The highest BCUT2D eigenvalue weighted by atomic mass is 35.5. The highest BCUT2D eigenvalue weighted by Crippen LogP contribution is 2.24. The van der Waals surface area contributed by atoms with Crippen LogP contribution in [0.1, 0.15) is 39.1 Å². The number of Topliss-reactive ketones (excluding diaryl/α,β-unsaturated/α-hetero) is 1. The number of halogens is 1. The van der Waals surface area contributed by atoms with Crippen molar-refractivity contribution < 1.29 is 14.4 Å². The van der Waals surface area contributed by atoms with Crippen molar-refractivity contribution in [3.63, 3.8) is 0 Å². The fourth-order valence-corrected chi connectivity index (χ4v) is 3.90. The van der Waals surface area contributed by atoms with Crippen LogP contribution in [0.3, 0.4) is 0 Å². The third-order valence-electron chi connectivity index (χ3n) is 5.66. The van der Waals surface area contributed by atoms with Gasteiger partial charge in [0.2, 0.25) is 5.91 Å². The Morgan fingerprint density at radius 2 is 1.63 bits per heavy atom. The molecule has 0 aromatic heterocycles. The lowest BCUT2D eigenvalue weighted by Gasteiger charge is -2.34. The van der Waals surface area contributed by atoms with E-state index < -0.39 is 0 Å². The molecular weight excluding hydrogens is 402 g/mol. The minimum atomic E-state index is 0. The van der Waals surface area contributed by atoms with E-state index in [1.807, 2.05) is 47.4 Å². The highest BCUT2D eigenvalue weighted by Gasteiger charge is 2.24. The Labute approximate surface area is 182 Å². The smallest absolute Gasteiger partial charge is 0.253 e. The van der Waals surface area contributed by atoms with Crippen molar-refractivity contribution in [1.82, 2.24) is 9.80 Å². The predicted molar refractivity (Wildman–Crippen MR) is 118 cm³/mol. The number of nitrogens with one attached hydrogen (secondary N) is 1. The van der Waals surface area contributed by atoms with Gasteiger partial charge in [0.05, 0.1) is 0 Å². The molecule has 4 rings (SSSR count). The van der Waals surface area contributed by atoms with Crippen molar-refractivity contribution in [2.24, 2.45) is 0 Å². The molecule has 2 aliphatic rings. The summed E-state index contributed by atoms with van der Waals surface area (Å²) < 4.78 is 0. The quantitative estimate of drug-likeness (QED) is 0.744. The van der Waals surface area contributed by atoms with Crippen molar-refractivity contribution in [1.29, 1.82) is 0 Å². The van der Waals surface area contributed by atoms with Crippen LogP contribution in [0, 0.1) is 0 Å². The molecule has 2 aromatic carbocycles. The molecule has 0 radical (unpaired) electrons. The number of benzene rings is 2. The van der Waals surface area contributed by atoms with Gasteiger partial charge in [-0.1, -0.05) is 30.3 Å². The van der Waals surface area contributed by atoms with Crippen LogP contribution in [0.2, 0.25) is 0 Å². The maximum atomic E-state index is 12.9. The number of aryl methyl sites for hydroxylation is 1. The molecule has 30 heavy (non-hydrogen) atoms. The number of rotatable bonds is 5. The molecular formula is C23H26ClN3O3. The van der Waals surface area contributed by atoms with Gasteiger partial charge in [-0.15, -0.1) is 12.4 Å². The number of carbonyl (C=O) groups is 3. The van der Waals surface area contributed by atoms with E-state index in [-0.39, 0.29) is 30.0 Å². The Morgan fingerprint density at radius 1 is 0.900 bits per heavy atom. The van der Waals surface area contributed by atoms with Crippen LogP contribution in [0.4, 0.5) is 5.69 Å². The molecule has 158 valence electrons. The lowest BCUT2D eigenvalue weighted by molar-refractivity contribution is -0.116. The minimum Gasteiger partial charge on any atom is -0.336 e. The number of carbonyl (C=O) groups excluding carboxylic acids is 3. The number of hydrogen-bond acceptors (Lipinski definition) is 4. The number of fused-ring (bicyclic) bond motifs is 1. The summed E-state index contributed by atoms with van der Waals surface area (Å²) in [5, 5.41) is 2.85. The second-order valence-corrected chi connectivity index (χ2v) is 7.59. The molecule has 0 spiro atoms. The maximum Gasteiger partial charge on any atom is 0.253 e. The zero-order valence-corrected chi connectivity index (χ0v) is 17.6. The van der Waals surface area contributed by atoms with E-state index in [1.54, 1.807) is 6.07 Å². The zero-order chi connectivity index (χ0) is 20.2. The second-order valence-electron chi connectivity index (χ2n) is 7.59. The monoisotopic (exact) mass is 427 g/mol. The average Bonchev–Trinajstić information content (AvgIpc) is 2.77. The van der Waals surface area contributed by atoms with Crippen LogP contribution < -0.4 is 5.32 Å². The van der Waals surface area contributed by atoms with Gasteiger partial charge in [-0.2, -0.15) is 0 Å². The standard InChI is InChI=1S/C23H25N3O3.ClH/c27-21(17-4-2-1-3-5-17)10-11-25-12-14-26(15-13-25)23(29)19-6-8-20-18(16-19)7-9-22(28)24-20;/h1-6,8,16H,7,9-15H2,(H,24,28);1H. The average molecular weight is 428 g/mol. The molecule has 0 bridgehead atoms. The maximum absolute atomic E-state index is 12.9. The van der Waals surface area contributed by atoms with Crippen molar-refractivity contribution in [2.75, 3.05) is 38.0 Å². The Morgan fingerprint density at radius 3 is 2.37 bits per heavy atom. The fraction of sp³-hybridized carbons (Fsp3) is 0.348. The molecule has 1 saturated heterocycles. The number of hydrogen-bond donors (Lipinski definition) is 1. The number of anilines is 1. The molecule has 6 nitrogen and oxygen atoms in total. The molecule has 2 heterocycles. The van der Waals surface area contributed by atoms with Crippen LogP contribution in [-0.4, -0.2) is 60.1 Å². The molecule has 0 saturated carbocycles. The number of ketones is 1. The summed E-state index contributed by atoms with van der Waals surface area (Å²) in [6.45, 7) is 3.58. The van der Waals surface area contributed by atoms with Gasteiger partial charge < -0.3 is 10.2 Å². The molecule has 1 N–H and O–H groups in total. The molecule has 2 amide bonds. The third-order valence-corrected chi connectivity index (χ3v) is 5.66. The fourth-order valence-electron chi connectivity index (χ4n) is 3.90. The van der Waals surface area contributed by atoms with E-state index >= 15 is 0 Å². The summed E-state index contributed by atoms with van der Waals surface area (Å²) in [6, 6.07) is 14.9. The summed E-state index contributed by atoms with van der Waals surface area (Å²) in [5.74, 6) is 0.216. The van der Waals surface area contributed by atoms with Crippen LogP contribution >= 0.6 is 12.4 Å². The van der Waals surface area contributed by atoms with Crippen LogP contribution in [0.15, 0.2) is 48.5 Å². The SMILES string of the molecule is Cl.O=C1CCc2cc(C(=O)N3CCN(CCC(=O)c4ccccc4)CC3)ccc2N1. The highest BCUT2D eigenvalue weighted by molar-refractivity contribution is 5.98. The first-order chi connectivity index (χ1) is 14.1. The first-order valence-electron chi connectivity index (χ1n) is 10.1. The summed E-state index contributed by atoms with van der Waals surface area (Å²) in [6.07, 6.45) is 1.63. The van der Waals surface area contributed by atoms with Gasteiger partial charge in [0.15, 0.2) is 5.78 Å². The van der Waals surface area contributed by atoms with Gasteiger partial charge in [0.1, 0.15) is 0 Å². The Hall–Kier alpha value is -2.70. The molecule has 7 heteroatoms. The van der Waals surface area contributed by atoms with Gasteiger partial charge in [0.25, 0.3) is 5.91 Å². The first kappa shape index (κ1) is 22.0. The summed E-state index contributed by atoms with van der Waals surface area (Å²) in [7, 11) is 0. The summed E-state index contributed by atoms with van der Waals surface area (Å²) in [5.41, 5.74) is 3.26.